The highest BCUT2D eigenvalue weighted by atomic mass is 16.8. The first-order valence-corrected chi connectivity index (χ1v) is 14.9. The maximum Gasteiger partial charge on any atom is 0.408 e. The molecule has 0 aromatic heterocycles. The molecule has 16 nitrogen and oxygen atoms in total. The molecule has 46 heavy (non-hydrogen) atoms. The van der Waals surface area contributed by atoms with Crippen LogP contribution in [0.1, 0.15) is 72.8 Å². The predicted octanol–water partition coefficient (Wildman–Crippen LogP) is 2.04. The van der Waals surface area contributed by atoms with E-state index in [-0.39, 0.29) is 62.8 Å². The molecule has 0 aliphatic carbocycles. The van der Waals surface area contributed by atoms with E-state index < -0.39 is 59.5 Å². The molecule has 1 aromatic carbocycles. The number of anilines is 1. The number of carbonyl (C=O) groups excluding carboxylic acids is 6. The van der Waals surface area contributed by atoms with Crippen LogP contribution >= 0.6 is 0 Å². The molecule has 0 heterocycles. The van der Waals surface area contributed by atoms with Crippen molar-refractivity contribution >= 4 is 41.5 Å². The highest BCUT2D eigenvalue weighted by Gasteiger charge is 2.32. The number of hydrogen-bond acceptors (Lipinski definition) is 13. The standard InChI is InChI=1S/C30H45N4O12/c1-7-43-24(35)16-14-21(26(37)32-22(28(39)45-9-3)15-17-25(36)44-8-2)31-27(38)23(33-29(40)46-30(4,5)6)18-19-10-12-20(13-11-19)34(41)42/h10-13,21-23,41H,7-9,14-18H2,1-6H3,(H,31,38)(H,32,37)(H,33,40)/q-1. The van der Waals surface area contributed by atoms with Crippen LogP contribution in [0.25, 0.3) is 0 Å². The lowest BCUT2D eigenvalue weighted by molar-refractivity contribution is -0.149. The van der Waals surface area contributed by atoms with Crippen LogP contribution in [-0.4, -0.2) is 84.6 Å². The van der Waals surface area contributed by atoms with Crippen molar-refractivity contribution < 1.29 is 52.9 Å². The molecule has 0 radical (unpaired) electrons. The molecule has 258 valence electrons. The van der Waals surface area contributed by atoms with Gasteiger partial charge in [-0.25, -0.2) is 9.59 Å². The zero-order valence-corrected chi connectivity index (χ0v) is 27.1. The van der Waals surface area contributed by atoms with Gasteiger partial charge in [-0.1, -0.05) is 12.1 Å². The summed E-state index contributed by atoms with van der Waals surface area (Å²) in [6.45, 7) is 9.87. The van der Waals surface area contributed by atoms with Gasteiger partial charge in [0.2, 0.25) is 11.8 Å². The number of alkyl carbamates (subject to hydrolysis) is 1. The van der Waals surface area contributed by atoms with E-state index in [1.807, 2.05) is 0 Å². The number of hydrogen-bond donors (Lipinski definition) is 4. The van der Waals surface area contributed by atoms with E-state index in [4.69, 9.17) is 24.2 Å². The van der Waals surface area contributed by atoms with E-state index >= 15 is 0 Å². The SMILES string of the molecule is CCOC(=O)CCC(NC(=O)C(Cc1ccc(N([O-])O)cc1)NC(=O)OC(C)(C)C)C(=O)NC(CCC(=O)OCC)C(=O)OCC. The number of ether oxygens (including phenoxy) is 4. The zero-order chi connectivity index (χ0) is 34.9. The van der Waals surface area contributed by atoms with Crippen LogP contribution in [0.15, 0.2) is 24.3 Å². The molecule has 3 atom stereocenters. The number of nitrogens with zero attached hydrogens (tertiary/aromatic N) is 1. The van der Waals surface area contributed by atoms with Crippen molar-refractivity contribution in [1.29, 1.82) is 0 Å². The minimum absolute atomic E-state index is 0.00220. The molecule has 0 saturated heterocycles. The first kappa shape index (κ1) is 39.6. The van der Waals surface area contributed by atoms with Gasteiger partial charge >= 0.3 is 24.0 Å². The van der Waals surface area contributed by atoms with Gasteiger partial charge in [-0.15, -0.1) is 0 Å². The van der Waals surface area contributed by atoms with Crippen molar-refractivity contribution in [3.8, 4) is 0 Å². The molecule has 0 saturated carbocycles. The van der Waals surface area contributed by atoms with Crippen molar-refractivity contribution in [2.24, 2.45) is 0 Å². The molecule has 1 aromatic rings. The lowest BCUT2D eigenvalue weighted by atomic mass is 10.0. The topological polar surface area (TPSA) is 222 Å². The summed E-state index contributed by atoms with van der Waals surface area (Å²) in [6.07, 6.45) is -1.95. The summed E-state index contributed by atoms with van der Waals surface area (Å²) < 4.78 is 20.2. The number of esters is 3. The lowest BCUT2D eigenvalue weighted by Crippen LogP contribution is -2.56. The van der Waals surface area contributed by atoms with Crippen LogP contribution in [0, 0.1) is 5.21 Å². The first-order valence-electron chi connectivity index (χ1n) is 14.9. The van der Waals surface area contributed by atoms with E-state index in [0.717, 1.165) is 0 Å². The largest absolute Gasteiger partial charge is 0.733 e. The second kappa shape index (κ2) is 19.8. The minimum Gasteiger partial charge on any atom is -0.733 e. The van der Waals surface area contributed by atoms with E-state index in [1.165, 1.54) is 24.3 Å². The maximum absolute atomic E-state index is 13.6. The lowest BCUT2D eigenvalue weighted by Gasteiger charge is -2.26. The molecule has 0 aliphatic rings. The Balaban J connectivity index is 3.30. The monoisotopic (exact) mass is 653 g/mol. The molecule has 0 bridgehead atoms. The van der Waals surface area contributed by atoms with Gasteiger partial charge in [0.1, 0.15) is 23.7 Å². The van der Waals surface area contributed by atoms with Gasteiger partial charge in [-0.05, 0) is 72.1 Å². The Bertz CT molecular complexity index is 1170. The molecule has 4 N–H and O–H groups in total. The van der Waals surface area contributed by atoms with E-state index in [1.54, 1.807) is 41.5 Å². The summed E-state index contributed by atoms with van der Waals surface area (Å²) in [5.41, 5.74) is -0.505. The Morgan fingerprint density at radius 2 is 1.24 bits per heavy atom. The Morgan fingerprint density at radius 1 is 0.761 bits per heavy atom. The fourth-order valence-corrected chi connectivity index (χ4v) is 3.95. The molecule has 16 heteroatoms. The highest BCUT2D eigenvalue weighted by Crippen LogP contribution is 2.15. The summed E-state index contributed by atoms with van der Waals surface area (Å²) >= 11 is 0. The van der Waals surface area contributed by atoms with Crippen LogP contribution in [0.5, 0.6) is 0 Å². The van der Waals surface area contributed by atoms with Crippen LogP contribution < -0.4 is 21.2 Å². The number of nitrogens with one attached hydrogen (secondary N) is 3. The van der Waals surface area contributed by atoms with Crippen molar-refractivity contribution in [3.05, 3.63) is 35.0 Å². The van der Waals surface area contributed by atoms with Gasteiger partial charge in [0.05, 0.1) is 25.5 Å². The van der Waals surface area contributed by atoms with E-state index in [9.17, 15) is 34.0 Å². The third-order valence-electron chi connectivity index (χ3n) is 6.01. The van der Waals surface area contributed by atoms with Crippen LogP contribution in [0.3, 0.4) is 0 Å². The maximum atomic E-state index is 13.6. The molecule has 3 unspecified atom stereocenters. The average Bonchev–Trinajstić information content (AvgIpc) is 2.96. The highest BCUT2D eigenvalue weighted by molar-refractivity contribution is 5.93. The summed E-state index contributed by atoms with van der Waals surface area (Å²) in [7, 11) is 0. The number of rotatable bonds is 18. The number of amides is 3. The zero-order valence-electron chi connectivity index (χ0n) is 27.1. The molecule has 0 fully saturated rings. The second-order valence-electron chi connectivity index (χ2n) is 10.9. The molecular formula is C30H45N4O12-. The quantitative estimate of drug-likeness (QED) is 0.101. The molecule has 1 rings (SSSR count). The molecule has 0 aliphatic heterocycles. The molecule has 3 amide bonds. The van der Waals surface area contributed by atoms with Crippen molar-refractivity contribution in [3.63, 3.8) is 0 Å². The first-order chi connectivity index (χ1) is 21.6. The van der Waals surface area contributed by atoms with Gasteiger partial charge in [0.15, 0.2) is 0 Å². The van der Waals surface area contributed by atoms with E-state index in [0.29, 0.717) is 5.56 Å². The summed E-state index contributed by atoms with van der Waals surface area (Å²) in [5.74, 6) is -3.75. The van der Waals surface area contributed by atoms with Crippen molar-refractivity contribution in [2.45, 2.75) is 97.4 Å². The smallest absolute Gasteiger partial charge is 0.408 e. The third-order valence-corrected chi connectivity index (χ3v) is 6.01. The van der Waals surface area contributed by atoms with Gasteiger partial charge in [0.25, 0.3) is 0 Å². The van der Waals surface area contributed by atoms with Crippen LogP contribution in [0.2, 0.25) is 0 Å². The van der Waals surface area contributed by atoms with E-state index in [2.05, 4.69) is 16.0 Å². The Morgan fingerprint density at radius 3 is 1.72 bits per heavy atom. The Labute approximate surface area is 268 Å². The van der Waals surface area contributed by atoms with Gasteiger partial charge in [0, 0.05) is 19.3 Å². The fraction of sp³-hybridized carbons (Fsp3) is 0.600. The number of benzene rings is 1. The predicted molar refractivity (Wildman–Crippen MR) is 163 cm³/mol. The normalized spacial score (nSPS) is 12.9. The van der Waals surface area contributed by atoms with Crippen LogP contribution in [0.4, 0.5) is 10.5 Å². The molecular weight excluding hydrogens is 608 g/mol. The average molecular weight is 654 g/mol. The summed E-state index contributed by atoms with van der Waals surface area (Å²) in [6, 6.07) is 1.50. The fourth-order valence-electron chi connectivity index (χ4n) is 3.95. The second-order valence-corrected chi connectivity index (χ2v) is 10.9. The van der Waals surface area contributed by atoms with Gasteiger partial charge in [-0.3, -0.25) is 24.4 Å². The molecule has 0 spiro atoms. The minimum atomic E-state index is -1.40. The van der Waals surface area contributed by atoms with Crippen LogP contribution in [-0.2, 0) is 49.3 Å². The summed E-state index contributed by atoms with van der Waals surface area (Å²) in [5, 5.41) is 27.4. The summed E-state index contributed by atoms with van der Waals surface area (Å²) in [4.78, 5) is 76.3. The Kier molecular flexibility index (Phi) is 17.1. The van der Waals surface area contributed by atoms with Gasteiger partial charge < -0.3 is 45.3 Å². The van der Waals surface area contributed by atoms with Crippen molar-refractivity contribution in [1.82, 2.24) is 16.0 Å². The Hall–Kier alpha value is -4.44. The van der Waals surface area contributed by atoms with Crippen molar-refractivity contribution in [2.75, 3.05) is 25.0 Å². The third kappa shape index (κ3) is 15.5. The van der Waals surface area contributed by atoms with Gasteiger partial charge in [-0.2, -0.15) is 0 Å². The number of carbonyl (C=O) groups is 6.